The molecule has 1 rings (SSSR count). The highest BCUT2D eigenvalue weighted by Gasteiger charge is 2.30. The monoisotopic (exact) mass is 324 g/mol. The van der Waals surface area contributed by atoms with Crippen molar-refractivity contribution in [3.8, 4) is 0 Å². The Bertz CT molecular complexity index is 496. The number of hydrogen-bond donors (Lipinski definition) is 0. The molecule has 0 radical (unpaired) electrons. The minimum absolute atomic E-state index is 0.183. The highest BCUT2D eigenvalue weighted by molar-refractivity contribution is 9.10. The van der Waals surface area contributed by atoms with E-state index in [9.17, 15) is 23.7 Å². The standard InChI is InChI=1S/C9H7BrF2N2O4/c1-18-6(15)2-5-8(14(16)17)7(9(11)12)4(10)3-13-5/h3,9H,2H2,1H3. The molecule has 0 bridgehead atoms. The molecule has 0 N–H and O–H groups in total. The fourth-order valence-corrected chi connectivity index (χ4v) is 1.75. The van der Waals surface area contributed by atoms with Gasteiger partial charge in [0.1, 0.15) is 11.3 Å². The number of ether oxygens (including phenoxy) is 1. The first-order valence-electron chi connectivity index (χ1n) is 4.55. The molecule has 0 spiro atoms. The normalized spacial score (nSPS) is 10.5. The van der Waals surface area contributed by atoms with Gasteiger partial charge in [-0.2, -0.15) is 0 Å². The predicted molar refractivity (Wildman–Crippen MR) is 59.3 cm³/mol. The van der Waals surface area contributed by atoms with Crippen molar-refractivity contribution < 1.29 is 23.2 Å². The Morgan fingerprint density at radius 1 is 1.67 bits per heavy atom. The molecule has 0 unspecified atom stereocenters. The lowest BCUT2D eigenvalue weighted by molar-refractivity contribution is -0.387. The summed E-state index contributed by atoms with van der Waals surface area (Å²) in [5.41, 5.74) is -2.02. The molecule has 1 aromatic heterocycles. The van der Waals surface area contributed by atoms with Crippen LogP contribution in [0.2, 0.25) is 0 Å². The fraction of sp³-hybridized carbons (Fsp3) is 0.333. The van der Waals surface area contributed by atoms with E-state index in [1.165, 1.54) is 0 Å². The summed E-state index contributed by atoms with van der Waals surface area (Å²) in [4.78, 5) is 24.5. The molecule has 0 amide bonds. The van der Waals surface area contributed by atoms with E-state index < -0.39 is 35.0 Å². The van der Waals surface area contributed by atoms with Gasteiger partial charge in [-0.15, -0.1) is 0 Å². The molecule has 0 atom stereocenters. The van der Waals surface area contributed by atoms with Crippen LogP contribution >= 0.6 is 15.9 Å². The van der Waals surface area contributed by atoms with Gasteiger partial charge in [0.2, 0.25) is 0 Å². The summed E-state index contributed by atoms with van der Waals surface area (Å²) >= 11 is 2.77. The summed E-state index contributed by atoms with van der Waals surface area (Å²) in [7, 11) is 1.08. The van der Waals surface area contributed by atoms with E-state index in [0.717, 1.165) is 13.3 Å². The maximum Gasteiger partial charge on any atom is 0.311 e. The molecule has 0 saturated heterocycles. The summed E-state index contributed by atoms with van der Waals surface area (Å²) < 4.78 is 29.7. The smallest absolute Gasteiger partial charge is 0.311 e. The van der Waals surface area contributed by atoms with Crippen LogP contribution in [0.3, 0.4) is 0 Å². The summed E-state index contributed by atoms with van der Waals surface area (Å²) in [6.07, 6.45) is -2.61. The van der Waals surface area contributed by atoms with E-state index in [-0.39, 0.29) is 10.2 Å². The van der Waals surface area contributed by atoms with Crippen LogP contribution in [0.4, 0.5) is 14.5 Å². The number of methoxy groups -OCH3 is 1. The Morgan fingerprint density at radius 2 is 2.28 bits per heavy atom. The van der Waals surface area contributed by atoms with Crippen LogP contribution in [0.1, 0.15) is 17.7 Å². The molecular formula is C9H7BrF2N2O4. The van der Waals surface area contributed by atoms with Gasteiger partial charge in [0.05, 0.1) is 22.9 Å². The molecule has 0 fully saturated rings. The van der Waals surface area contributed by atoms with Gasteiger partial charge in [-0.25, -0.2) is 8.78 Å². The van der Waals surface area contributed by atoms with Crippen molar-refractivity contribution in [3.63, 3.8) is 0 Å². The molecule has 0 aliphatic rings. The van der Waals surface area contributed by atoms with Gasteiger partial charge in [-0.05, 0) is 15.9 Å². The van der Waals surface area contributed by atoms with E-state index in [2.05, 4.69) is 25.7 Å². The SMILES string of the molecule is COC(=O)Cc1ncc(Br)c(C(F)F)c1[N+](=O)[O-]. The zero-order valence-electron chi connectivity index (χ0n) is 9.02. The Labute approximate surface area is 108 Å². The molecule has 1 heterocycles. The van der Waals surface area contributed by atoms with Crippen molar-refractivity contribution in [3.05, 3.63) is 32.0 Å². The first-order valence-corrected chi connectivity index (χ1v) is 5.34. The quantitative estimate of drug-likeness (QED) is 0.482. The van der Waals surface area contributed by atoms with Gasteiger partial charge in [0, 0.05) is 6.20 Å². The van der Waals surface area contributed by atoms with E-state index >= 15 is 0 Å². The molecule has 0 saturated carbocycles. The molecule has 1 aromatic rings. The number of aromatic nitrogens is 1. The third kappa shape index (κ3) is 2.97. The van der Waals surface area contributed by atoms with Gasteiger partial charge in [0.25, 0.3) is 6.43 Å². The number of carbonyl (C=O) groups is 1. The van der Waals surface area contributed by atoms with Crippen molar-refractivity contribution in [1.29, 1.82) is 0 Å². The number of rotatable bonds is 4. The van der Waals surface area contributed by atoms with Crippen LogP contribution in [0.25, 0.3) is 0 Å². The number of alkyl halides is 2. The molecule has 0 aliphatic carbocycles. The summed E-state index contributed by atoms with van der Waals surface area (Å²) in [5, 5.41) is 10.8. The van der Waals surface area contributed by atoms with Gasteiger partial charge < -0.3 is 4.74 Å². The molecule has 9 heteroatoms. The highest BCUT2D eigenvalue weighted by Crippen LogP contribution is 2.36. The summed E-state index contributed by atoms with van der Waals surface area (Å²) in [6, 6.07) is 0. The predicted octanol–water partition coefficient (Wildman–Crippen LogP) is 2.41. The second-order valence-corrected chi connectivity index (χ2v) is 3.98. The lowest BCUT2D eigenvalue weighted by atomic mass is 10.1. The van der Waals surface area contributed by atoms with Crippen molar-refractivity contribution in [2.24, 2.45) is 0 Å². The third-order valence-electron chi connectivity index (χ3n) is 2.06. The molecule has 0 aromatic carbocycles. The minimum atomic E-state index is -3.06. The van der Waals surface area contributed by atoms with Crippen LogP contribution < -0.4 is 0 Å². The molecule has 18 heavy (non-hydrogen) atoms. The van der Waals surface area contributed by atoms with Crippen molar-refractivity contribution in [2.45, 2.75) is 12.8 Å². The zero-order chi connectivity index (χ0) is 13.9. The number of esters is 1. The second kappa shape index (κ2) is 5.80. The average molecular weight is 325 g/mol. The maximum absolute atomic E-state index is 12.8. The number of carbonyl (C=O) groups excluding carboxylic acids is 1. The summed E-state index contributed by atoms with van der Waals surface area (Å²) in [5.74, 6) is -0.798. The van der Waals surface area contributed by atoms with E-state index in [1.54, 1.807) is 0 Å². The van der Waals surface area contributed by atoms with Crippen LogP contribution in [-0.2, 0) is 16.0 Å². The van der Waals surface area contributed by atoms with Crippen LogP contribution in [0, 0.1) is 10.1 Å². The highest BCUT2D eigenvalue weighted by atomic mass is 79.9. The van der Waals surface area contributed by atoms with Crippen LogP contribution in [0.15, 0.2) is 10.7 Å². The average Bonchev–Trinajstić information content (AvgIpc) is 2.29. The second-order valence-electron chi connectivity index (χ2n) is 3.13. The largest absolute Gasteiger partial charge is 0.469 e. The Morgan fingerprint density at radius 3 is 2.72 bits per heavy atom. The van der Waals surface area contributed by atoms with Gasteiger partial charge in [-0.1, -0.05) is 0 Å². The van der Waals surface area contributed by atoms with Crippen LogP contribution in [-0.4, -0.2) is 23.0 Å². The summed E-state index contributed by atoms with van der Waals surface area (Å²) in [6.45, 7) is 0. The number of pyridine rings is 1. The fourth-order valence-electron chi connectivity index (χ4n) is 1.28. The minimum Gasteiger partial charge on any atom is -0.469 e. The number of halogens is 3. The molecule has 0 aliphatic heterocycles. The van der Waals surface area contributed by atoms with Crippen LogP contribution in [0.5, 0.6) is 0 Å². The Hall–Kier alpha value is -1.64. The number of nitro groups is 1. The Kier molecular flexibility index (Phi) is 4.65. The first-order chi connectivity index (χ1) is 8.38. The van der Waals surface area contributed by atoms with Gasteiger partial charge in [0.15, 0.2) is 0 Å². The molecule has 98 valence electrons. The van der Waals surface area contributed by atoms with Crippen molar-refractivity contribution >= 4 is 27.6 Å². The number of nitrogens with zero attached hydrogens (tertiary/aromatic N) is 2. The van der Waals surface area contributed by atoms with Gasteiger partial charge >= 0.3 is 11.7 Å². The third-order valence-corrected chi connectivity index (χ3v) is 2.69. The van der Waals surface area contributed by atoms with Gasteiger partial charge in [-0.3, -0.25) is 19.9 Å². The number of hydrogen-bond acceptors (Lipinski definition) is 5. The molecular weight excluding hydrogens is 318 g/mol. The van der Waals surface area contributed by atoms with E-state index in [4.69, 9.17) is 0 Å². The topological polar surface area (TPSA) is 82.3 Å². The lowest BCUT2D eigenvalue weighted by Gasteiger charge is -2.07. The lowest BCUT2D eigenvalue weighted by Crippen LogP contribution is -2.11. The molecule has 6 nitrogen and oxygen atoms in total. The zero-order valence-corrected chi connectivity index (χ0v) is 10.6. The van der Waals surface area contributed by atoms with E-state index in [1.807, 2.05) is 0 Å². The first kappa shape index (κ1) is 14.4. The Balaban J connectivity index is 3.39. The van der Waals surface area contributed by atoms with Crippen molar-refractivity contribution in [2.75, 3.05) is 7.11 Å². The maximum atomic E-state index is 12.8. The van der Waals surface area contributed by atoms with E-state index in [0.29, 0.717) is 0 Å². The van der Waals surface area contributed by atoms with Crippen molar-refractivity contribution in [1.82, 2.24) is 4.98 Å².